The number of carbonyl (C=O) groups is 1. The molecule has 1 N–H and O–H groups in total. The molecule has 1 aromatic carbocycles. The Labute approximate surface area is 138 Å². The Morgan fingerprint density at radius 3 is 2.61 bits per heavy atom. The molecule has 0 spiro atoms. The molecule has 1 heterocycles. The lowest BCUT2D eigenvalue weighted by Crippen LogP contribution is -2.26. The van der Waals surface area contributed by atoms with E-state index in [0.717, 1.165) is 25.1 Å². The Kier molecular flexibility index (Phi) is 6.60. The minimum atomic E-state index is -0.122. The average molecular weight is 311 g/mol. The van der Waals surface area contributed by atoms with Crippen LogP contribution in [0.25, 0.3) is 0 Å². The third kappa shape index (κ3) is 5.40. The van der Waals surface area contributed by atoms with Crippen molar-refractivity contribution < 1.29 is 4.79 Å². The molecular weight excluding hydrogens is 286 g/mol. The number of amides is 1. The number of hydrogen-bond acceptors (Lipinski definition) is 3. The number of nitrogens with zero attached hydrogens (tertiary/aromatic N) is 2. The zero-order valence-corrected chi connectivity index (χ0v) is 14.0. The lowest BCUT2D eigenvalue weighted by Gasteiger charge is -2.18. The summed E-state index contributed by atoms with van der Waals surface area (Å²) in [5.41, 5.74) is 2.72. The van der Waals surface area contributed by atoms with Gasteiger partial charge in [-0.05, 0) is 30.5 Å². The van der Waals surface area contributed by atoms with Crippen molar-refractivity contribution in [2.24, 2.45) is 0 Å². The molecule has 0 aliphatic carbocycles. The Balaban J connectivity index is 1.82. The Bertz CT molecular complexity index is 596. The summed E-state index contributed by atoms with van der Waals surface area (Å²) in [5.74, 6) is -0.122. The van der Waals surface area contributed by atoms with Gasteiger partial charge in [0.15, 0.2) is 0 Å². The van der Waals surface area contributed by atoms with Crippen LogP contribution in [-0.2, 0) is 6.42 Å². The highest BCUT2D eigenvalue weighted by molar-refractivity contribution is 5.92. The maximum Gasteiger partial charge on any atom is 0.269 e. The number of anilines is 1. The summed E-state index contributed by atoms with van der Waals surface area (Å²) in [6.07, 6.45) is 4.91. The monoisotopic (exact) mass is 311 g/mol. The van der Waals surface area contributed by atoms with Gasteiger partial charge < -0.3 is 10.2 Å². The first-order valence-electron chi connectivity index (χ1n) is 8.20. The lowest BCUT2D eigenvalue weighted by molar-refractivity contribution is 0.0949. The van der Waals surface area contributed by atoms with Crippen LogP contribution in [0.4, 0.5) is 5.69 Å². The minimum absolute atomic E-state index is 0.122. The van der Waals surface area contributed by atoms with E-state index in [1.54, 1.807) is 12.3 Å². The van der Waals surface area contributed by atoms with Crippen LogP contribution in [0, 0.1) is 0 Å². The molecule has 0 fully saturated rings. The van der Waals surface area contributed by atoms with Gasteiger partial charge in [-0.1, -0.05) is 43.7 Å². The number of hydrogen-bond donors (Lipinski definition) is 1. The largest absolute Gasteiger partial charge is 0.373 e. The van der Waals surface area contributed by atoms with Gasteiger partial charge in [0.25, 0.3) is 5.91 Å². The van der Waals surface area contributed by atoms with Gasteiger partial charge in [0.1, 0.15) is 5.69 Å². The van der Waals surface area contributed by atoms with E-state index in [1.807, 2.05) is 31.3 Å². The zero-order chi connectivity index (χ0) is 16.5. The second kappa shape index (κ2) is 8.93. The molecule has 0 atom stereocenters. The summed E-state index contributed by atoms with van der Waals surface area (Å²) >= 11 is 0. The standard InChI is InChI=1S/C19H25N3O/c1-3-4-14-22(2)17-10-11-18(21-15-17)19(23)20-13-12-16-8-6-5-7-9-16/h5-11,15H,3-4,12-14H2,1-2H3,(H,20,23). The van der Waals surface area contributed by atoms with Crippen molar-refractivity contribution in [3.8, 4) is 0 Å². The van der Waals surface area contributed by atoms with E-state index in [9.17, 15) is 4.79 Å². The molecule has 2 rings (SSSR count). The number of pyridine rings is 1. The topological polar surface area (TPSA) is 45.2 Å². The molecular formula is C19H25N3O. The Morgan fingerprint density at radius 2 is 1.96 bits per heavy atom. The minimum Gasteiger partial charge on any atom is -0.373 e. The highest BCUT2D eigenvalue weighted by Gasteiger charge is 2.08. The first-order chi connectivity index (χ1) is 11.2. The van der Waals surface area contributed by atoms with Crippen molar-refractivity contribution in [2.45, 2.75) is 26.2 Å². The molecule has 0 aliphatic heterocycles. The van der Waals surface area contributed by atoms with Crippen LogP contribution in [0.2, 0.25) is 0 Å². The second-order valence-corrected chi connectivity index (χ2v) is 5.67. The van der Waals surface area contributed by atoms with Gasteiger partial charge in [-0.25, -0.2) is 4.98 Å². The summed E-state index contributed by atoms with van der Waals surface area (Å²) in [6.45, 7) is 3.79. The Morgan fingerprint density at radius 1 is 1.17 bits per heavy atom. The maximum absolute atomic E-state index is 12.1. The van der Waals surface area contributed by atoms with Crippen molar-refractivity contribution in [1.82, 2.24) is 10.3 Å². The number of unbranched alkanes of at least 4 members (excludes halogenated alkanes) is 1. The van der Waals surface area contributed by atoms with Gasteiger partial charge in [-0.2, -0.15) is 0 Å². The van der Waals surface area contributed by atoms with Crippen LogP contribution in [-0.4, -0.2) is 31.0 Å². The number of rotatable bonds is 8. The summed E-state index contributed by atoms with van der Waals surface area (Å²) in [5, 5.41) is 2.92. The van der Waals surface area contributed by atoms with Crippen LogP contribution < -0.4 is 10.2 Å². The Hall–Kier alpha value is -2.36. The van der Waals surface area contributed by atoms with E-state index in [1.165, 1.54) is 12.0 Å². The van der Waals surface area contributed by atoms with Crippen molar-refractivity contribution in [3.05, 3.63) is 59.9 Å². The predicted octanol–water partition coefficient (Wildman–Crippen LogP) is 3.29. The highest BCUT2D eigenvalue weighted by atomic mass is 16.1. The molecule has 0 bridgehead atoms. The molecule has 2 aromatic rings. The quantitative estimate of drug-likeness (QED) is 0.813. The normalized spacial score (nSPS) is 10.3. The molecule has 0 unspecified atom stereocenters. The average Bonchev–Trinajstić information content (AvgIpc) is 2.60. The number of nitrogens with one attached hydrogen (secondary N) is 1. The molecule has 0 radical (unpaired) electrons. The molecule has 23 heavy (non-hydrogen) atoms. The highest BCUT2D eigenvalue weighted by Crippen LogP contribution is 2.12. The summed E-state index contributed by atoms with van der Waals surface area (Å²) in [7, 11) is 2.05. The fraction of sp³-hybridized carbons (Fsp3) is 0.368. The van der Waals surface area contributed by atoms with Crippen molar-refractivity contribution in [3.63, 3.8) is 0 Å². The molecule has 1 aromatic heterocycles. The van der Waals surface area contributed by atoms with E-state index in [0.29, 0.717) is 12.2 Å². The van der Waals surface area contributed by atoms with Gasteiger partial charge in [0.2, 0.25) is 0 Å². The van der Waals surface area contributed by atoms with E-state index in [-0.39, 0.29) is 5.91 Å². The van der Waals surface area contributed by atoms with Crippen LogP contribution in [0.1, 0.15) is 35.8 Å². The van der Waals surface area contributed by atoms with Gasteiger partial charge in [0.05, 0.1) is 11.9 Å². The molecule has 0 aliphatic rings. The summed E-state index contributed by atoms with van der Waals surface area (Å²) in [6, 6.07) is 13.9. The number of benzene rings is 1. The molecule has 0 saturated carbocycles. The van der Waals surface area contributed by atoms with Gasteiger partial charge in [0, 0.05) is 20.1 Å². The maximum atomic E-state index is 12.1. The van der Waals surface area contributed by atoms with Crippen molar-refractivity contribution >= 4 is 11.6 Å². The number of aromatic nitrogens is 1. The zero-order valence-electron chi connectivity index (χ0n) is 14.0. The van der Waals surface area contributed by atoms with Crippen LogP contribution in [0.3, 0.4) is 0 Å². The van der Waals surface area contributed by atoms with E-state index < -0.39 is 0 Å². The molecule has 122 valence electrons. The van der Waals surface area contributed by atoms with Crippen molar-refractivity contribution in [1.29, 1.82) is 0 Å². The van der Waals surface area contributed by atoms with E-state index in [2.05, 4.69) is 34.3 Å². The van der Waals surface area contributed by atoms with E-state index in [4.69, 9.17) is 0 Å². The second-order valence-electron chi connectivity index (χ2n) is 5.67. The first-order valence-corrected chi connectivity index (χ1v) is 8.20. The molecule has 1 amide bonds. The van der Waals surface area contributed by atoms with Crippen molar-refractivity contribution in [2.75, 3.05) is 25.0 Å². The lowest BCUT2D eigenvalue weighted by atomic mass is 10.1. The third-order valence-corrected chi connectivity index (χ3v) is 3.81. The molecule has 0 saturated heterocycles. The van der Waals surface area contributed by atoms with Crippen LogP contribution in [0.5, 0.6) is 0 Å². The summed E-state index contributed by atoms with van der Waals surface area (Å²) in [4.78, 5) is 18.5. The van der Waals surface area contributed by atoms with Crippen LogP contribution >= 0.6 is 0 Å². The molecule has 4 heteroatoms. The van der Waals surface area contributed by atoms with Gasteiger partial charge >= 0.3 is 0 Å². The fourth-order valence-electron chi connectivity index (χ4n) is 2.33. The van der Waals surface area contributed by atoms with Gasteiger partial charge in [-0.3, -0.25) is 4.79 Å². The van der Waals surface area contributed by atoms with E-state index >= 15 is 0 Å². The van der Waals surface area contributed by atoms with Gasteiger partial charge in [-0.15, -0.1) is 0 Å². The SMILES string of the molecule is CCCCN(C)c1ccc(C(=O)NCCc2ccccc2)nc1. The fourth-order valence-corrected chi connectivity index (χ4v) is 2.33. The predicted molar refractivity (Wildman–Crippen MR) is 94.9 cm³/mol. The van der Waals surface area contributed by atoms with Crippen LogP contribution in [0.15, 0.2) is 48.7 Å². The third-order valence-electron chi connectivity index (χ3n) is 3.81. The smallest absolute Gasteiger partial charge is 0.269 e. The number of carbonyl (C=O) groups excluding carboxylic acids is 1. The molecule has 4 nitrogen and oxygen atoms in total. The summed E-state index contributed by atoms with van der Waals surface area (Å²) < 4.78 is 0. The first kappa shape index (κ1) is 17.0.